The summed E-state index contributed by atoms with van der Waals surface area (Å²) in [6.07, 6.45) is 7.34. The van der Waals surface area contributed by atoms with E-state index in [-0.39, 0.29) is 12.2 Å². The molecular weight excluding hydrogens is 152 g/mol. The fourth-order valence-corrected chi connectivity index (χ4v) is 2.51. The Morgan fingerprint density at radius 3 is 1.67 bits per heavy atom. The quantitative estimate of drug-likeness (QED) is 0.531. The Morgan fingerprint density at radius 2 is 1.25 bits per heavy atom. The van der Waals surface area contributed by atoms with Gasteiger partial charge in [-0.25, -0.2) is 0 Å². The van der Waals surface area contributed by atoms with Crippen molar-refractivity contribution in [3.05, 3.63) is 12.2 Å². The molecule has 0 aliphatic heterocycles. The highest BCUT2D eigenvalue weighted by Gasteiger charge is 2.37. The monoisotopic (exact) mass is 168 g/mol. The van der Waals surface area contributed by atoms with Gasteiger partial charge in [-0.05, 0) is 37.5 Å². The molecule has 2 aliphatic carbocycles. The zero-order valence-corrected chi connectivity index (χ0v) is 7.19. The van der Waals surface area contributed by atoms with Gasteiger partial charge in [0.2, 0.25) is 0 Å². The van der Waals surface area contributed by atoms with Crippen molar-refractivity contribution in [3.8, 4) is 0 Å². The van der Waals surface area contributed by atoms with Gasteiger partial charge in [0.25, 0.3) is 0 Å². The van der Waals surface area contributed by atoms with E-state index in [2.05, 4.69) is 12.2 Å². The molecule has 1 saturated carbocycles. The van der Waals surface area contributed by atoms with Crippen LogP contribution in [0, 0.1) is 11.8 Å². The van der Waals surface area contributed by atoms with Crippen LogP contribution in [0.25, 0.3) is 0 Å². The molecule has 12 heavy (non-hydrogen) atoms. The molecule has 0 bridgehead atoms. The van der Waals surface area contributed by atoms with E-state index >= 15 is 0 Å². The molecule has 0 radical (unpaired) electrons. The third-order valence-electron chi connectivity index (χ3n) is 3.28. The molecule has 0 heterocycles. The van der Waals surface area contributed by atoms with Crippen LogP contribution in [0.2, 0.25) is 0 Å². The number of hydrogen-bond donors (Lipinski definition) is 2. The molecule has 0 amide bonds. The minimum absolute atomic E-state index is 0.177. The van der Waals surface area contributed by atoms with Crippen LogP contribution in [0.15, 0.2) is 12.2 Å². The lowest BCUT2D eigenvalue weighted by Gasteiger charge is -2.39. The van der Waals surface area contributed by atoms with E-state index in [0.717, 1.165) is 25.7 Å². The van der Waals surface area contributed by atoms with Crippen LogP contribution in [0.3, 0.4) is 0 Å². The first-order valence-electron chi connectivity index (χ1n) is 4.80. The average molecular weight is 168 g/mol. The summed E-state index contributed by atoms with van der Waals surface area (Å²) in [7, 11) is 0. The Labute approximate surface area is 72.9 Å². The molecular formula is C10H16O2. The maximum Gasteiger partial charge on any atom is 0.0576 e. The van der Waals surface area contributed by atoms with Crippen LogP contribution in [0.4, 0.5) is 0 Å². The van der Waals surface area contributed by atoms with Gasteiger partial charge < -0.3 is 10.2 Å². The molecule has 0 spiro atoms. The molecule has 2 heteroatoms. The van der Waals surface area contributed by atoms with Gasteiger partial charge in [-0.15, -0.1) is 0 Å². The zero-order valence-electron chi connectivity index (χ0n) is 7.19. The Bertz CT molecular complexity index is 168. The second kappa shape index (κ2) is 3.19. The maximum atomic E-state index is 9.68. The largest absolute Gasteiger partial charge is 0.393 e. The fraction of sp³-hybridized carbons (Fsp3) is 0.800. The zero-order chi connectivity index (χ0) is 8.55. The van der Waals surface area contributed by atoms with E-state index in [1.54, 1.807) is 0 Å². The van der Waals surface area contributed by atoms with Gasteiger partial charge in [-0.1, -0.05) is 12.2 Å². The lowest BCUT2D eigenvalue weighted by molar-refractivity contribution is -0.0436. The van der Waals surface area contributed by atoms with Crippen molar-refractivity contribution in [2.45, 2.75) is 37.9 Å². The Morgan fingerprint density at radius 1 is 0.833 bits per heavy atom. The molecule has 2 rings (SSSR count). The number of fused-ring (bicyclic) bond motifs is 1. The van der Waals surface area contributed by atoms with Crippen molar-refractivity contribution in [1.82, 2.24) is 0 Å². The first-order chi connectivity index (χ1) is 5.79. The highest BCUT2D eigenvalue weighted by atomic mass is 16.3. The molecule has 2 N–H and O–H groups in total. The molecule has 0 aromatic heterocycles. The van der Waals surface area contributed by atoms with E-state index in [4.69, 9.17) is 0 Å². The van der Waals surface area contributed by atoms with Crippen LogP contribution in [0.5, 0.6) is 0 Å². The number of aliphatic hydroxyl groups is 2. The fourth-order valence-electron chi connectivity index (χ4n) is 2.51. The van der Waals surface area contributed by atoms with Gasteiger partial charge in [-0.3, -0.25) is 0 Å². The van der Waals surface area contributed by atoms with E-state index in [0.29, 0.717) is 11.8 Å². The Kier molecular flexibility index (Phi) is 2.20. The standard InChI is InChI=1S/C10H16O2/c11-9-5-6-10(12)8-4-2-1-3-7(8)9/h1-2,7-12H,3-6H2. The number of aliphatic hydroxyl groups excluding tert-OH is 2. The summed E-state index contributed by atoms with van der Waals surface area (Å²) in [6, 6.07) is 0. The molecule has 0 saturated heterocycles. The highest BCUT2D eigenvalue weighted by Crippen LogP contribution is 2.37. The summed E-state index contributed by atoms with van der Waals surface area (Å²) in [5, 5.41) is 19.4. The van der Waals surface area contributed by atoms with Crippen LogP contribution in [0.1, 0.15) is 25.7 Å². The summed E-state index contributed by atoms with van der Waals surface area (Å²) < 4.78 is 0. The van der Waals surface area contributed by atoms with Crippen molar-refractivity contribution in [2.24, 2.45) is 11.8 Å². The van der Waals surface area contributed by atoms with E-state index in [1.165, 1.54) is 0 Å². The number of rotatable bonds is 0. The van der Waals surface area contributed by atoms with Crippen molar-refractivity contribution < 1.29 is 10.2 Å². The molecule has 0 aromatic rings. The number of allylic oxidation sites excluding steroid dienone is 2. The topological polar surface area (TPSA) is 40.5 Å². The Hall–Kier alpha value is -0.340. The van der Waals surface area contributed by atoms with Gasteiger partial charge >= 0.3 is 0 Å². The van der Waals surface area contributed by atoms with E-state index in [9.17, 15) is 10.2 Å². The van der Waals surface area contributed by atoms with Crippen molar-refractivity contribution in [1.29, 1.82) is 0 Å². The second-order valence-electron chi connectivity index (χ2n) is 3.98. The maximum absolute atomic E-state index is 9.68. The van der Waals surface area contributed by atoms with Gasteiger partial charge in [0.1, 0.15) is 0 Å². The van der Waals surface area contributed by atoms with Crippen LogP contribution in [-0.2, 0) is 0 Å². The smallest absolute Gasteiger partial charge is 0.0576 e. The lowest BCUT2D eigenvalue weighted by Crippen LogP contribution is -2.41. The third-order valence-corrected chi connectivity index (χ3v) is 3.28. The molecule has 1 fully saturated rings. The molecule has 0 aromatic carbocycles. The van der Waals surface area contributed by atoms with Crippen LogP contribution >= 0.6 is 0 Å². The van der Waals surface area contributed by atoms with Gasteiger partial charge in [-0.2, -0.15) is 0 Å². The van der Waals surface area contributed by atoms with Gasteiger partial charge in [0.05, 0.1) is 12.2 Å². The third kappa shape index (κ3) is 1.29. The molecule has 68 valence electrons. The van der Waals surface area contributed by atoms with E-state index in [1.807, 2.05) is 0 Å². The van der Waals surface area contributed by atoms with Crippen LogP contribution in [-0.4, -0.2) is 22.4 Å². The predicted molar refractivity (Wildman–Crippen MR) is 46.6 cm³/mol. The minimum Gasteiger partial charge on any atom is -0.393 e. The second-order valence-corrected chi connectivity index (χ2v) is 3.98. The van der Waals surface area contributed by atoms with Gasteiger partial charge in [0, 0.05) is 0 Å². The molecule has 4 unspecified atom stereocenters. The molecule has 2 aliphatic rings. The van der Waals surface area contributed by atoms with Crippen LogP contribution < -0.4 is 0 Å². The SMILES string of the molecule is OC1CCC(O)C2CC=CCC12. The minimum atomic E-state index is -0.177. The summed E-state index contributed by atoms with van der Waals surface area (Å²) in [4.78, 5) is 0. The normalized spacial score (nSPS) is 47.2. The number of hydrogen-bond acceptors (Lipinski definition) is 2. The Balaban J connectivity index is 2.12. The first kappa shape index (κ1) is 8.27. The van der Waals surface area contributed by atoms with Gasteiger partial charge in [0.15, 0.2) is 0 Å². The summed E-state index contributed by atoms with van der Waals surface area (Å²) >= 11 is 0. The first-order valence-corrected chi connectivity index (χ1v) is 4.80. The highest BCUT2D eigenvalue weighted by molar-refractivity contribution is 5.00. The van der Waals surface area contributed by atoms with Crippen molar-refractivity contribution in [3.63, 3.8) is 0 Å². The summed E-state index contributed by atoms with van der Waals surface area (Å²) in [6.45, 7) is 0. The molecule has 4 atom stereocenters. The van der Waals surface area contributed by atoms with Crippen molar-refractivity contribution >= 4 is 0 Å². The average Bonchev–Trinajstić information content (AvgIpc) is 2.12. The summed E-state index contributed by atoms with van der Waals surface area (Å²) in [5.41, 5.74) is 0. The van der Waals surface area contributed by atoms with E-state index < -0.39 is 0 Å². The lowest BCUT2D eigenvalue weighted by atomic mass is 9.70. The predicted octanol–water partition coefficient (Wildman–Crippen LogP) is 1.08. The molecule has 2 nitrogen and oxygen atoms in total. The van der Waals surface area contributed by atoms with Crippen molar-refractivity contribution in [2.75, 3.05) is 0 Å². The summed E-state index contributed by atoms with van der Waals surface area (Å²) in [5.74, 6) is 0.637.